The number of rotatable bonds is 9. The number of hydrogen-bond donors (Lipinski definition) is 1. The van der Waals surface area contributed by atoms with Gasteiger partial charge in [0.15, 0.2) is 0 Å². The first-order valence-corrected chi connectivity index (χ1v) is 11.7. The Bertz CT molecular complexity index is 982. The van der Waals surface area contributed by atoms with Gasteiger partial charge in [-0.1, -0.05) is 32.0 Å². The number of para-hydroxylation sites is 1. The van der Waals surface area contributed by atoms with Gasteiger partial charge in [0.25, 0.3) is 0 Å². The Morgan fingerprint density at radius 1 is 1.07 bits per heavy atom. The van der Waals surface area contributed by atoms with Crippen molar-refractivity contribution in [3.05, 3.63) is 47.5 Å². The number of sulfonamides is 1. The summed E-state index contributed by atoms with van der Waals surface area (Å²) in [7, 11) is -0.874. The molecule has 0 aliphatic rings. The minimum Gasteiger partial charge on any atom is -0.497 e. The highest BCUT2D eigenvalue weighted by Crippen LogP contribution is 2.35. The molecule has 1 amide bonds. The summed E-state index contributed by atoms with van der Waals surface area (Å²) in [5.74, 6) is 0.349. The van der Waals surface area contributed by atoms with Gasteiger partial charge in [-0.25, -0.2) is 8.42 Å². The molecule has 0 heterocycles. The van der Waals surface area contributed by atoms with Gasteiger partial charge in [0.2, 0.25) is 15.9 Å². The maximum Gasteiger partial charge on any atom is 0.248 e. The topological polar surface area (TPSA) is 84.9 Å². The molecule has 7 nitrogen and oxygen atoms in total. The lowest BCUT2D eigenvalue weighted by molar-refractivity contribution is -0.116. The van der Waals surface area contributed by atoms with Gasteiger partial charge in [-0.15, -0.1) is 0 Å². The molecule has 2 aromatic rings. The first kappa shape index (κ1) is 23.5. The summed E-state index contributed by atoms with van der Waals surface area (Å²) in [6.45, 7) is 5.57. The van der Waals surface area contributed by atoms with Gasteiger partial charge in [0.1, 0.15) is 17.5 Å². The molecule has 30 heavy (non-hydrogen) atoms. The van der Waals surface area contributed by atoms with Crippen molar-refractivity contribution in [2.75, 3.05) is 30.1 Å². The number of aryl methyl sites for hydroxylation is 2. The fraction of sp³-hybridized carbons (Fsp3) is 0.409. The number of hydrogen-bond acceptors (Lipinski definition) is 5. The SMILES string of the molecule is CCc1cccc(CC)c1NC(=O)[C@@H](C)N(c1cc(OC)ccc1OC)S(C)(=O)=O. The van der Waals surface area contributed by atoms with Crippen molar-refractivity contribution in [1.82, 2.24) is 0 Å². The van der Waals surface area contributed by atoms with Crippen molar-refractivity contribution >= 4 is 27.3 Å². The Hall–Kier alpha value is -2.74. The quantitative estimate of drug-likeness (QED) is 0.652. The predicted octanol–water partition coefficient (Wildman–Crippen LogP) is 3.62. The Labute approximate surface area is 179 Å². The van der Waals surface area contributed by atoms with Crippen molar-refractivity contribution in [3.8, 4) is 11.5 Å². The van der Waals surface area contributed by atoms with E-state index in [-0.39, 0.29) is 5.69 Å². The van der Waals surface area contributed by atoms with Crippen LogP contribution in [-0.2, 0) is 27.7 Å². The molecular weight excluding hydrogens is 404 g/mol. The normalized spacial score (nSPS) is 12.2. The molecule has 0 aliphatic heterocycles. The van der Waals surface area contributed by atoms with Gasteiger partial charge in [0, 0.05) is 11.8 Å². The standard InChI is InChI=1S/C22H30N2O5S/c1-7-16-10-9-11-17(8-2)21(16)23-22(25)15(3)24(30(6,26)27)19-14-18(28-4)12-13-20(19)29-5/h9-15H,7-8H2,1-6H3,(H,23,25)/t15-/m1/s1. The van der Waals surface area contributed by atoms with Crippen LogP contribution in [0.2, 0.25) is 0 Å². The monoisotopic (exact) mass is 434 g/mol. The van der Waals surface area contributed by atoms with E-state index in [0.29, 0.717) is 11.5 Å². The van der Waals surface area contributed by atoms with Crippen LogP contribution >= 0.6 is 0 Å². The third-order valence-electron chi connectivity index (χ3n) is 4.96. The number of carbonyl (C=O) groups is 1. The van der Waals surface area contributed by atoms with Gasteiger partial charge in [0.05, 0.1) is 26.2 Å². The molecule has 0 unspecified atom stereocenters. The highest BCUT2D eigenvalue weighted by atomic mass is 32.2. The minimum absolute atomic E-state index is 0.237. The smallest absolute Gasteiger partial charge is 0.248 e. The molecule has 1 N–H and O–H groups in total. The van der Waals surface area contributed by atoms with E-state index < -0.39 is 22.0 Å². The highest BCUT2D eigenvalue weighted by molar-refractivity contribution is 7.92. The summed E-state index contributed by atoms with van der Waals surface area (Å²) in [5.41, 5.74) is 2.98. The molecule has 2 aromatic carbocycles. The third kappa shape index (κ3) is 5.05. The number of benzene rings is 2. The van der Waals surface area contributed by atoms with Crippen molar-refractivity contribution < 1.29 is 22.7 Å². The second-order valence-corrected chi connectivity index (χ2v) is 8.78. The second kappa shape index (κ2) is 9.84. The number of nitrogens with zero attached hydrogens (tertiary/aromatic N) is 1. The van der Waals surface area contributed by atoms with E-state index in [0.717, 1.165) is 40.2 Å². The maximum atomic E-state index is 13.2. The lowest BCUT2D eigenvalue weighted by Crippen LogP contribution is -2.45. The number of anilines is 2. The second-order valence-electron chi connectivity index (χ2n) is 6.92. The Balaban J connectivity index is 2.50. The van der Waals surface area contributed by atoms with Crippen molar-refractivity contribution in [2.24, 2.45) is 0 Å². The lowest BCUT2D eigenvalue weighted by atomic mass is 10.0. The van der Waals surface area contributed by atoms with Crippen molar-refractivity contribution in [3.63, 3.8) is 0 Å². The van der Waals surface area contributed by atoms with Crippen molar-refractivity contribution in [1.29, 1.82) is 0 Å². The first-order chi connectivity index (χ1) is 14.2. The van der Waals surface area contributed by atoms with E-state index in [9.17, 15) is 13.2 Å². The molecule has 0 fully saturated rings. The summed E-state index contributed by atoms with van der Waals surface area (Å²) < 4.78 is 37.0. The Kier molecular flexibility index (Phi) is 7.72. The molecule has 1 atom stereocenters. The zero-order chi connectivity index (χ0) is 22.5. The Morgan fingerprint density at radius 3 is 2.13 bits per heavy atom. The molecule has 0 radical (unpaired) electrons. The van der Waals surface area contributed by atoms with E-state index in [1.165, 1.54) is 14.2 Å². The molecule has 0 saturated heterocycles. The van der Waals surface area contributed by atoms with E-state index >= 15 is 0 Å². The third-order valence-corrected chi connectivity index (χ3v) is 6.19. The van der Waals surface area contributed by atoms with Crippen LogP contribution < -0.4 is 19.1 Å². The zero-order valence-corrected chi connectivity index (χ0v) is 19.2. The fourth-order valence-electron chi connectivity index (χ4n) is 3.38. The number of nitrogens with one attached hydrogen (secondary N) is 1. The molecular formula is C22H30N2O5S. The van der Waals surface area contributed by atoms with Crippen LogP contribution in [0.3, 0.4) is 0 Å². The van der Waals surface area contributed by atoms with E-state index in [1.54, 1.807) is 25.1 Å². The summed E-state index contributed by atoms with van der Waals surface area (Å²) in [4.78, 5) is 13.2. The van der Waals surface area contributed by atoms with Crippen LogP contribution in [0.25, 0.3) is 0 Å². The van der Waals surface area contributed by atoms with Gasteiger partial charge in [-0.05, 0) is 43.0 Å². The lowest BCUT2D eigenvalue weighted by Gasteiger charge is -2.30. The van der Waals surface area contributed by atoms with E-state index in [1.807, 2.05) is 32.0 Å². The van der Waals surface area contributed by atoms with Gasteiger partial charge < -0.3 is 14.8 Å². The molecule has 0 aromatic heterocycles. The summed E-state index contributed by atoms with van der Waals surface area (Å²) in [6.07, 6.45) is 2.56. The zero-order valence-electron chi connectivity index (χ0n) is 18.4. The fourth-order valence-corrected chi connectivity index (χ4v) is 4.55. The summed E-state index contributed by atoms with van der Waals surface area (Å²) >= 11 is 0. The average molecular weight is 435 g/mol. The van der Waals surface area contributed by atoms with Crippen LogP contribution in [0.5, 0.6) is 11.5 Å². The number of carbonyl (C=O) groups excluding carboxylic acids is 1. The average Bonchev–Trinajstić information content (AvgIpc) is 2.72. The molecule has 8 heteroatoms. The largest absolute Gasteiger partial charge is 0.497 e. The van der Waals surface area contributed by atoms with Gasteiger partial charge >= 0.3 is 0 Å². The number of ether oxygens (including phenoxy) is 2. The van der Waals surface area contributed by atoms with Crippen LogP contribution in [0.15, 0.2) is 36.4 Å². The van der Waals surface area contributed by atoms with Crippen LogP contribution in [0, 0.1) is 0 Å². The molecule has 0 saturated carbocycles. The van der Waals surface area contributed by atoms with Crippen LogP contribution in [0.1, 0.15) is 31.9 Å². The van der Waals surface area contributed by atoms with Crippen LogP contribution in [0.4, 0.5) is 11.4 Å². The first-order valence-electron chi connectivity index (χ1n) is 9.80. The molecule has 164 valence electrons. The van der Waals surface area contributed by atoms with Crippen molar-refractivity contribution in [2.45, 2.75) is 39.7 Å². The van der Waals surface area contributed by atoms with Gasteiger partial charge in [-0.3, -0.25) is 9.10 Å². The van der Waals surface area contributed by atoms with Gasteiger partial charge in [-0.2, -0.15) is 0 Å². The molecule has 2 rings (SSSR count). The van der Waals surface area contributed by atoms with E-state index in [2.05, 4.69) is 5.32 Å². The molecule has 0 spiro atoms. The maximum absolute atomic E-state index is 13.2. The molecule has 0 bridgehead atoms. The van der Waals surface area contributed by atoms with Crippen LogP contribution in [-0.4, -0.2) is 40.8 Å². The van der Waals surface area contributed by atoms with E-state index in [4.69, 9.17) is 9.47 Å². The summed E-state index contributed by atoms with van der Waals surface area (Å²) in [6, 6.07) is 9.67. The predicted molar refractivity (Wildman–Crippen MR) is 120 cm³/mol. The summed E-state index contributed by atoms with van der Waals surface area (Å²) in [5, 5.41) is 2.95. The number of methoxy groups -OCH3 is 2. The minimum atomic E-state index is -3.81. The number of amides is 1. The Morgan fingerprint density at radius 2 is 1.67 bits per heavy atom. The molecule has 0 aliphatic carbocycles. The highest BCUT2D eigenvalue weighted by Gasteiger charge is 2.32.